The predicted octanol–water partition coefficient (Wildman–Crippen LogP) is 1.95. The molecule has 0 atom stereocenters. The second-order valence-electron chi connectivity index (χ2n) is 2.72. The molecule has 0 fully saturated rings. The molecule has 0 radical (unpaired) electrons. The number of benzene rings is 1. The number of nitrogens with one attached hydrogen (secondary N) is 1. The van der Waals surface area contributed by atoms with Gasteiger partial charge in [0.1, 0.15) is 0 Å². The Balaban J connectivity index is 2.43. The summed E-state index contributed by atoms with van der Waals surface area (Å²) in [6, 6.07) is 7.30. The third-order valence-electron chi connectivity index (χ3n) is 1.80. The fourth-order valence-corrected chi connectivity index (χ4v) is 1.14. The molecule has 1 aromatic heterocycles. The second kappa shape index (κ2) is 3.33. The van der Waals surface area contributed by atoms with Gasteiger partial charge >= 0.3 is 0 Å². The van der Waals surface area contributed by atoms with Crippen molar-refractivity contribution in [3.8, 4) is 0 Å². The van der Waals surface area contributed by atoms with Gasteiger partial charge in [0.25, 0.3) is 0 Å². The van der Waals surface area contributed by atoms with Gasteiger partial charge in [-0.15, -0.1) is 0 Å². The summed E-state index contributed by atoms with van der Waals surface area (Å²) in [5, 5.41) is 7.06. The minimum Gasteiger partial charge on any atom is -0.354 e. The number of aromatic nitrogens is 1. The van der Waals surface area contributed by atoms with Crippen LogP contribution in [-0.2, 0) is 4.79 Å². The van der Waals surface area contributed by atoms with Gasteiger partial charge in [0.15, 0.2) is 11.4 Å². The summed E-state index contributed by atoms with van der Waals surface area (Å²) in [7, 11) is 0. The van der Waals surface area contributed by atoms with Crippen molar-refractivity contribution in [3.05, 3.63) is 36.9 Å². The third-order valence-corrected chi connectivity index (χ3v) is 1.80. The smallest absolute Gasteiger partial charge is 0.249 e. The molecule has 2 aromatic rings. The van der Waals surface area contributed by atoms with Crippen LogP contribution >= 0.6 is 0 Å². The van der Waals surface area contributed by atoms with Crippen LogP contribution in [0.1, 0.15) is 0 Å². The minimum absolute atomic E-state index is 0.302. The number of amides is 1. The highest BCUT2D eigenvalue weighted by Gasteiger charge is 2.07. The van der Waals surface area contributed by atoms with Crippen LogP contribution in [0.15, 0.2) is 41.4 Å². The summed E-state index contributed by atoms with van der Waals surface area (Å²) in [6.45, 7) is 3.35. The summed E-state index contributed by atoms with van der Waals surface area (Å²) in [6.07, 6.45) is 1.18. The molecule has 4 nitrogen and oxygen atoms in total. The van der Waals surface area contributed by atoms with Crippen LogP contribution in [0, 0.1) is 0 Å². The van der Waals surface area contributed by atoms with Crippen molar-refractivity contribution in [2.24, 2.45) is 0 Å². The van der Waals surface area contributed by atoms with Crippen molar-refractivity contribution >= 4 is 22.7 Å². The highest BCUT2D eigenvalue weighted by molar-refractivity contribution is 6.03. The fourth-order valence-electron chi connectivity index (χ4n) is 1.14. The van der Waals surface area contributed by atoms with E-state index in [4.69, 9.17) is 4.52 Å². The van der Waals surface area contributed by atoms with E-state index in [2.05, 4.69) is 17.1 Å². The number of para-hydroxylation sites is 1. The number of carbonyl (C=O) groups excluding carboxylic acids is 1. The van der Waals surface area contributed by atoms with E-state index in [-0.39, 0.29) is 5.91 Å². The number of fused-ring (bicyclic) bond motifs is 1. The predicted molar refractivity (Wildman–Crippen MR) is 52.8 cm³/mol. The van der Waals surface area contributed by atoms with E-state index in [1.165, 1.54) is 6.08 Å². The molecular weight excluding hydrogens is 180 g/mol. The molecule has 1 heterocycles. The maximum Gasteiger partial charge on any atom is 0.249 e. The number of nitrogens with zero attached hydrogens (tertiary/aromatic N) is 1. The zero-order chi connectivity index (χ0) is 9.97. The van der Waals surface area contributed by atoms with E-state index in [1.807, 2.05) is 18.2 Å². The highest BCUT2D eigenvalue weighted by atomic mass is 16.5. The quantitative estimate of drug-likeness (QED) is 0.733. The van der Waals surface area contributed by atoms with Crippen molar-refractivity contribution in [3.63, 3.8) is 0 Å². The average molecular weight is 188 g/mol. The van der Waals surface area contributed by atoms with Gasteiger partial charge in [-0.05, 0) is 18.2 Å². The van der Waals surface area contributed by atoms with Crippen LogP contribution in [0.4, 0.5) is 5.82 Å². The summed E-state index contributed by atoms with van der Waals surface area (Å²) in [4.78, 5) is 11.0. The molecule has 0 aliphatic carbocycles. The molecule has 0 saturated carbocycles. The molecule has 2 rings (SSSR count). The van der Waals surface area contributed by atoms with Gasteiger partial charge in [-0.3, -0.25) is 4.79 Å². The zero-order valence-corrected chi connectivity index (χ0v) is 7.36. The van der Waals surface area contributed by atoms with Gasteiger partial charge in [-0.2, -0.15) is 0 Å². The van der Waals surface area contributed by atoms with Gasteiger partial charge in [0, 0.05) is 0 Å². The lowest BCUT2D eigenvalue weighted by atomic mass is 10.2. The van der Waals surface area contributed by atoms with E-state index in [1.54, 1.807) is 6.07 Å². The largest absolute Gasteiger partial charge is 0.354 e. The monoisotopic (exact) mass is 188 g/mol. The first kappa shape index (κ1) is 8.50. The SMILES string of the molecule is C=CC(=O)Nc1noc2ccccc12. The first-order valence-electron chi connectivity index (χ1n) is 4.09. The first-order valence-corrected chi connectivity index (χ1v) is 4.09. The van der Waals surface area contributed by atoms with E-state index in [9.17, 15) is 4.79 Å². The van der Waals surface area contributed by atoms with Crippen LogP contribution in [0.5, 0.6) is 0 Å². The molecule has 0 aliphatic heterocycles. The third kappa shape index (κ3) is 1.37. The highest BCUT2D eigenvalue weighted by Crippen LogP contribution is 2.21. The van der Waals surface area contributed by atoms with E-state index in [0.717, 1.165) is 5.39 Å². The fraction of sp³-hybridized carbons (Fsp3) is 0. The van der Waals surface area contributed by atoms with Crippen LogP contribution in [0.3, 0.4) is 0 Å². The Morgan fingerprint density at radius 1 is 1.50 bits per heavy atom. The number of carbonyl (C=O) groups is 1. The summed E-state index contributed by atoms with van der Waals surface area (Å²) in [5.41, 5.74) is 0.645. The Labute approximate surface area is 80.2 Å². The Morgan fingerprint density at radius 2 is 2.29 bits per heavy atom. The lowest BCUT2D eigenvalue weighted by molar-refractivity contribution is -0.111. The van der Waals surface area contributed by atoms with Crippen molar-refractivity contribution in [2.45, 2.75) is 0 Å². The molecule has 0 aliphatic rings. The molecule has 1 amide bonds. The Bertz CT molecular complexity index is 488. The number of hydrogen-bond acceptors (Lipinski definition) is 3. The zero-order valence-electron chi connectivity index (χ0n) is 7.36. The average Bonchev–Trinajstić information content (AvgIpc) is 2.62. The standard InChI is InChI=1S/C10H8N2O2/c1-2-9(13)11-10-7-5-3-4-6-8(7)14-12-10/h2-6H,1H2,(H,11,12,13). The van der Waals surface area contributed by atoms with Gasteiger partial charge in [0.2, 0.25) is 5.91 Å². The Morgan fingerprint density at radius 3 is 3.07 bits per heavy atom. The van der Waals surface area contributed by atoms with Gasteiger partial charge in [0.05, 0.1) is 5.39 Å². The molecule has 0 spiro atoms. The number of rotatable bonds is 2. The Hall–Kier alpha value is -2.10. The lowest BCUT2D eigenvalue weighted by Gasteiger charge is -1.94. The van der Waals surface area contributed by atoms with Crippen molar-refractivity contribution in [1.29, 1.82) is 0 Å². The van der Waals surface area contributed by atoms with Crippen LogP contribution in [0.2, 0.25) is 0 Å². The minimum atomic E-state index is -0.302. The molecule has 0 saturated heterocycles. The molecule has 14 heavy (non-hydrogen) atoms. The number of anilines is 1. The molecule has 1 aromatic carbocycles. The summed E-state index contributed by atoms with van der Waals surface area (Å²) in [5.74, 6) is 0.120. The van der Waals surface area contributed by atoms with E-state index >= 15 is 0 Å². The summed E-state index contributed by atoms with van der Waals surface area (Å²) < 4.78 is 5.00. The molecule has 1 N–H and O–H groups in total. The Kier molecular flexibility index (Phi) is 2.02. The molecule has 70 valence electrons. The normalized spacial score (nSPS) is 10.0. The van der Waals surface area contributed by atoms with Crippen molar-refractivity contribution < 1.29 is 9.32 Å². The van der Waals surface area contributed by atoms with Gasteiger partial charge in [-0.25, -0.2) is 0 Å². The molecule has 4 heteroatoms. The topological polar surface area (TPSA) is 55.1 Å². The van der Waals surface area contributed by atoms with E-state index in [0.29, 0.717) is 11.4 Å². The number of hydrogen-bond donors (Lipinski definition) is 1. The van der Waals surface area contributed by atoms with Crippen molar-refractivity contribution in [1.82, 2.24) is 5.16 Å². The molecular formula is C10H8N2O2. The second-order valence-corrected chi connectivity index (χ2v) is 2.72. The van der Waals surface area contributed by atoms with Crippen LogP contribution < -0.4 is 5.32 Å². The van der Waals surface area contributed by atoms with Crippen molar-refractivity contribution in [2.75, 3.05) is 5.32 Å². The van der Waals surface area contributed by atoms with Gasteiger partial charge in [-0.1, -0.05) is 23.9 Å². The van der Waals surface area contributed by atoms with Crippen LogP contribution in [0.25, 0.3) is 11.0 Å². The first-order chi connectivity index (χ1) is 6.81. The molecule has 0 bridgehead atoms. The van der Waals surface area contributed by atoms with E-state index < -0.39 is 0 Å². The van der Waals surface area contributed by atoms with Gasteiger partial charge < -0.3 is 9.84 Å². The maximum absolute atomic E-state index is 11.0. The lowest BCUT2D eigenvalue weighted by Crippen LogP contribution is -2.07. The summed E-state index contributed by atoms with van der Waals surface area (Å²) >= 11 is 0. The maximum atomic E-state index is 11.0. The van der Waals surface area contributed by atoms with Crippen LogP contribution in [-0.4, -0.2) is 11.1 Å². The molecule has 0 unspecified atom stereocenters.